The van der Waals surface area contributed by atoms with Gasteiger partial charge in [-0.15, -0.1) is 11.6 Å². The summed E-state index contributed by atoms with van der Waals surface area (Å²) in [6.45, 7) is 3.99. The lowest BCUT2D eigenvalue weighted by Gasteiger charge is -2.24. The molecule has 0 unspecified atom stereocenters. The normalized spacial score (nSPS) is 12.1. The average Bonchev–Trinajstić information content (AvgIpc) is 2.33. The van der Waals surface area contributed by atoms with Crippen LogP contribution in [0.5, 0.6) is 0 Å². The molecule has 0 spiro atoms. The molecule has 17 heavy (non-hydrogen) atoms. The summed E-state index contributed by atoms with van der Waals surface area (Å²) < 4.78 is 29.0. The van der Waals surface area contributed by atoms with Gasteiger partial charge in [0.15, 0.2) is 0 Å². The average molecular weight is 286 g/mol. The van der Waals surface area contributed by atoms with Crippen LogP contribution < -0.4 is 0 Å². The summed E-state index contributed by atoms with van der Waals surface area (Å²) in [5, 5.41) is -0.524. The highest BCUT2D eigenvalue weighted by atomic mass is 35.5. The standard InChI is InChI=1S/C10H20ClNO4S/c1-4-9(5-2)6-12(7-10(13)16-3)17(14,15)8-11/h9H,4-8H2,1-3H3. The second kappa shape index (κ2) is 7.89. The van der Waals surface area contributed by atoms with Gasteiger partial charge >= 0.3 is 5.97 Å². The van der Waals surface area contributed by atoms with E-state index in [0.717, 1.165) is 17.1 Å². The molecule has 0 aliphatic rings. The first-order valence-corrected chi connectivity index (χ1v) is 7.66. The molecule has 7 heteroatoms. The van der Waals surface area contributed by atoms with E-state index in [1.807, 2.05) is 13.8 Å². The van der Waals surface area contributed by atoms with Crippen molar-refractivity contribution in [1.82, 2.24) is 4.31 Å². The summed E-state index contributed by atoms with van der Waals surface area (Å²) in [4.78, 5) is 11.2. The van der Waals surface area contributed by atoms with E-state index in [2.05, 4.69) is 4.74 Å². The van der Waals surface area contributed by atoms with Crippen LogP contribution >= 0.6 is 11.6 Å². The third-order valence-corrected chi connectivity index (χ3v) is 4.85. The Bertz CT molecular complexity index is 327. The Morgan fingerprint density at radius 1 is 1.35 bits per heavy atom. The molecule has 0 heterocycles. The molecule has 5 nitrogen and oxygen atoms in total. The smallest absolute Gasteiger partial charge is 0.321 e. The minimum Gasteiger partial charge on any atom is -0.468 e. The van der Waals surface area contributed by atoms with E-state index < -0.39 is 21.2 Å². The first-order chi connectivity index (χ1) is 7.91. The van der Waals surface area contributed by atoms with Crippen molar-refractivity contribution < 1.29 is 17.9 Å². The number of alkyl halides is 1. The van der Waals surface area contributed by atoms with Gasteiger partial charge in [-0.3, -0.25) is 4.79 Å². The fraction of sp³-hybridized carbons (Fsp3) is 0.900. The zero-order valence-corrected chi connectivity index (χ0v) is 12.1. The first-order valence-electron chi connectivity index (χ1n) is 5.51. The van der Waals surface area contributed by atoms with Crippen molar-refractivity contribution in [2.24, 2.45) is 5.92 Å². The number of methoxy groups -OCH3 is 1. The van der Waals surface area contributed by atoms with Crippen LogP contribution in [0.25, 0.3) is 0 Å². The number of rotatable bonds is 8. The summed E-state index contributed by atoms with van der Waals surface area (Å²) in [6, 6.07) is 0. The molecule has 0 aromatic carbocycles. The molecule has 0 rings (SSSR count). The molecular formula is C10H20ClNO4S. The fourth-order valence-corrected chi connectivity index (χ4v) is 2.68. The van der Waals surface area contributed by atoms with Gasteiger partial charge in [0.05, 0.1) is 7.11 Å². The molecule has 0 saturated carbocycles. The quantitative estimate of drug-likeness (QED) is 0.500. The van der Waals surface area contributed by atoms with Crippen LogP contribution in [-0.4, -0.2) is 44.1 Å². The lowest BCUT2D eigenvalue weighted by atomic mass is 10.0. The number of nitrogens with zero attached hydrogens (tertiary/aromatic N) is 1. The van der Waals surface area contributed by atoms with Gasteiger partial charge in [0, 0.05) is 6.54 Å². The van der Waals surface area contributed by atoms with Crippen molar-refractivity contribution in [3.63, 3.8) is 0 Å². The van der Waals surface area contributed by atoms with Crippen molar-refractivity contribution in [3.05, 3.63) is 0 Å². The highest BCUT2D eigenvalue weighted by Crippen LogP contribution is 2.14. The monoisotopic (exact) mass is 285 g/mol. The zero-order chi connectivity index (χ0) is 13.5. The molecule has 0 amide bonds. The summed E-state index contributed by atoms with van der Waals surface area (Å²) in [7, 11) is -2.36. The number of esters is 1. The molecular weight excluding hydrogens is 266 g/mol. The zero-order valence-electron chi connectivity index (χ0n) is 10.5. The first kappa shape index (κ1) is 16.7. The van der Waals surface area contributed by atoms with Crippen LogP contribution in [0.2, 0.25) is 0 Å². The third-order valence-electron chi connectivity index (χ3n) is 2.68. The highest BCUT2D eigenvalue weighted by Gasteiger charge is 2.26. The maximum atomic E-state index is 11.7. The van der Waals surface area contributed by atoms with E-state index >= 15 is 0 Å². The Kier molecular flexibility index (Phi) is 7.74. The fourth-order valence-electron chi connectivity index (χ4n) is 1.39. The van der Waals surface area contributed by atoms with Gasteiger partial charge in [0.25, 0.3) is 0 Å². The van der Waals surface area contributed by atoms with E-state index in [1.54, 1.807) is 0 Å². The molecule has 0 saturated heterocycles. The van der Waals surface area contributed by atoms with E-state index in [4.69, 9.17) is 11.6 Å². The Balaban J connectivity index is 4.80. The Labute approximate surface area is 108 Å². The maximum absolute atomic E-state index is 11.7. The van der Waals surface area contributed by atoms with Crippen molar-refractivity contribution in [3.8, 4) is 0 Å². The van der Waals surface area contributed by atoms with Crippen molar-refractivity contribution in [2.45, 2.75) is 26.7 Å². The maximum Gasteiger partial charge on any atom is 0.321 e. The largest absolute Gasteiger partial charge is 0.468 e. The predicted octanol–water partition coefficient (Wildman–Crippen LogP) is 1.42. The molecule has 0 aliphatic heterocycles. The van der Waals surface area contributed by atoms with Crippen molar-refractivity contribution >= 4 is 27.6 Å². The van der Waals surface area contributed by atoms with Crippen LogP contribution in [-0.2, 0) is 19.6 Å². The van der Waals surface area contributed by atoms with E-state index in [9.17, 15) is 13.2 Å². The summed E-state index contributed by atoms with van der Waals surface area (Å²) in [5.41, 5.74) is 0. The SMILES string of the molecule is CCC(CC)CN(CC(=O)OC)S(=O)(=O)CCl. The molecule has 0 atom stereocenters. The molecule has 0 bridgehead atoms. The number of hydrogen-bond donors (Lipinski definition) is 0. The van der Waals surface area contributed by atoms with E-state index in [-0.39, 0.29) is 12.5 Å². The predicted molar refractivity (Wildman–Crippen MR) is 67.3 cm³/mol. The highest BCUT2D eigenvalue weighted by molar-refractivity contribution is 7.90. The van der Waals surface area contributed by atoms with E-state index in [0.29, 0.717) is 6.54 Å². The number of carbonyl (C=O) groups excluding carboxylic acids is 1. The summed E-state index contributed by atoms with van der Waals surface area (Å²) >= 11 is 5.40. The van der Waals surface area contributed by atoms with Gasteiger partial charge in [-0.2, -0.15) is 4.31 Å². The molecule has 0 aliphatic carbocycles. The number of ether oxygens (including phenoxy) is 1. The molecule has 0 radical (unpaired) electrons. The Hall–Kier alpha value is -0.330. The van der Waals surface area contributed by atoms with Gasteiger partial charge in [0.1, 0.15) is 11.8 Å². The third kappa shape index (κ3) is 5.70. The molecule has 0 aromatic heterocycles. The molecule has 0 fully saturated rings. The van der Waals surface area contributed by atoms with Crippen molar-refractivity contribution in [2.75, 3.05) is 25.4 Å². The minimum absolute atomic E-state index is 0.220. The van der Waals surface area contributed by atoms with Crippen LogP contribution in [0.4, 0.5) is 0 Å². The number of hydrogen-bond acceptors (Lipinski definition) is 4. The van der Waals surface area contributed by atoms with Gasteiger partial charge in [0.2, 0.25) is 10.0 Å². The second-order valence-corrected chi connectivity index (χ2v) is 6.33. The summed E-state index contributed by atoms with van der Waals surface area (Å²) in [6.07, 6.45) is 1.71. The number of halogens is 1. The number of sulfonamides is 1. The van der Waals surface area contributed by atoms with Gasteiger partial charge in [-0.1, -0.05) is 26.7 Å². The van der Waals surface area contributed by atoms with E-state index in [1.165, 1.54) is 7.11 Å². The molecule has 0 N–H and O–H groups in total. The topological polar surface area (TPSA) is 63.7 Å². The Morgan fingerprint density at radius 3 is 2.24 bits per heavy atom. The van der Waals surface area contributed by atoms with Crippen molar-refractivity contribution in [1.29, 1.82) is 0 Å². The summed E-state index contributed by atoms with van der Waals surface area (Å²) in [5.74, 6) is -0.359. The van der Waals surface area contributed by atoms with Crippen LogP contribution in [0.3, 0.4) is 0 Å². The van der Waals surface area contributed by atoms with Gasteiger partial charge < -0.3 is 4.74 Å². The van der Waals surface area contributed by atoms with Crippen LogP contribution in [0.15, 0.2) is 0 Å². The second-order valence-electron chi connectivity index (χ2n) is 3.77. The molecule has 0 aromatic rings. The van der Waals surface area contributed by atoms with Crippen LogP contribution in [0, 0.1) is 5.92 Å². The van der Waals surface area contributed by atoms with Gasteiger partial charge in [-0.25, -0.2) is 8.42 Å². The lowest BCUT2D eigenvalue weighted by molar-refractivity contribution is -0.140. The Morgan fingerprint density at radius 2 is 1.88 bits per heavy atom. The van der Waals surface area contributed by atoms with Crippen LogP contribution in [0.1, 0.15) is 26.7 Å². The minimum atomic E-state index is -3.58. The molecule has 102 valence electrons. The number of carbonyl (C=O) groups is 1. The lowest BCUT2D eigenvalue weighted by Crippen LogP contribution is -2.39. The van der Waals surface area contributed by atoms with Gasteiger partial charge in [-0.05, 0) is 5.92 Å².